The second kappa shape index (κ2) is 9.85. The molecule has 2 unspecified atom stereocenters. The van der Waals surface area contributed by atoms with E-state index in [1.165, 1.54) is 0 Å². The van der Waals surface area contributed by atoms with Crippen molar-refractivity contribution in [3.8, 4) is 11.5 Å². The fourth-order valence-electron chi connectivity index (χ4n) is 2.72. The van der Waals surface area contributed by atoms with Crippen molar-refractivity contribution < 1.29 is 10.2 Å². The highest BCUT2D eigenvalue weighted by atomic mass is 35.5. The standard InChI is InChI=1S/C20H30N2O2.ClH/c1-5-13(3)21-11-17-15-7-10-20(24)18(12-22-14(4)6-2)16(15)8-9-19(17)23;/h7-10,13-14,21-24H,5-6,11-12H2,1-4H3;1H. The quantitative estimate of drug-likeness (QED) is 0.557. The highest BCUT2D eigenvalue weighted by Crippen LogP contribution is 2.33. The number of rotatable bonds is 8. The molecule has 25 heavy (non-hydrogen) atoms. The Hall–Kier alpha value is -1.49. The summed E-state index contributed by atoms with van der Waals surface area (Å²) < 4.78 is 0. The first-order valence-electron chi connectivity index (χ1n) is 8.90. The van der Waals surface area contributed by atoms with Gasteiger partial charge in [-0.25, -0.2) is 0 Å². The Morgan fingerprint density at radius 3 is 1.44 bits per heavy atom. The first kappa shape index (κ1) is 21.6. The number of halogens is 1. The number of phenolic OH excluding ortho intramolecular Hbond substituents is 2. The minimum atomic E-state index is 0. The average molecular weight is 367 g/mol. The molecule has 140 valence electrons. The van der Waals surface area contributed by atoms with Gasteiger partial charge in [-0.2, -0.15) is 0 Å². The zero-order chi connectivity index (χ0) is 17.7. The van der Waals surface area contributed by atoms with E-state index in [2.05, 4.69) is 38.3 Å². The molecule has 4 nitrogen and oxygen atoms in total. The monoisotopic (exact) mass is 366 g/mol. The van der Waals surface area contributed by atoms with Crippen LogP contribution in [0.3, 0.4) is 0 Å². The van der Waals surface area contributed by atoms with Crippen molar-refractivity contribution in [3.05, 3.63) is 35.4 Å². The van der Waals surface area contributed by atoms with Crippen LogP contribution in [0.2, 0.25) is 0 Å². The number of nitrogens with one attached hydrogen (secondary N) is 2. The smallest absolute Gasteiger partial charge is 0.120 e. The van der Waals surface area contributed by atoms with Crippen molar-refractivity contribution in [2.75, 3.05) is 0 Å². The van der Waals surface area contributed by atoms with Crippen LogP contribution in [0.4, 0.5) is 0 Å². The second-order valence-electron chi connectivity index (χ2n) is 6.60. The number of fused-ring (bicyclic) bond motifs is 1. The first-order chi connectivity index (χ1) is 11.5. The first-order valence-corrected chi connectivity index (χ1v) is 8.90. The van der Waals surface area contributed by atoms with Crippen molar-refractivity contribution in [3.63, 3.8) is 0 Å². The lowest BCUT2D eigenvalue weighted by molar-refractivity contribution is 0.456. The number of hydrogen-bond donors (Lipinski definition) is 4. The summed E-state index contributed by atoms with van der Waals surface area (Å²) >= 11 is 0. The van der Waals surface area contributed by atoms with Gasteiger partial charge in [0.05, 0.1) is 0 Å². The number of benzene rings is 2. The van der Waals surface area contributed by atoms with Gasteiger partial charge in [-0.05, 0) is 49.6 Å². The van der Waals surface area contributed by atoms with Crippen LogP contribution in [0.15, 0.2) is 24.3 Å². The zero-order valence-corrected chi connectivity index (χ0v) is 16.4. The summed E-state index contributed by atoms with van der Waals surface area (Å²) in [7, 11) is 0. The van der Waals surface area contributed by atoms with Gasteiger partial charge in [0.15, 0.2) is 0 Å². The molecule has 2 aromatic carbocycles. The molecule has 2 rings (SSSR count). The van der Waals surface area contributed by atoms with Crippen LogP contribution in [0.1, 0.15) is 51.7 Å². The van der Waals surface area contributed by atoms with Crippen LogP contribution in [-0.2, 0) is 13.1 Å². The molecular formula is C20H31ClN2O2. The van der Waals surface area contributed by atoms with Crippen molar-refractivity contribution in [2.24, 2.45) is 0 Å². The molecule has 2 aromatic rings. The van der Waals surface area contributed by atoms with Gasteiger partial charge in [-0.15, -0.1) is 12.4 Å². The van der Waals surface area contributed by atoms with E-state index in [1.807, 2.05) is 12.1 Å². The molecule has 0 amide bonds. The van der Waals surface area contributed by atoms with E-state index in [4.69, 9.17) is 0 Å². The van der Waals surface area contributed by atoms with Crippen molar-refractivity contribution >= 4 is 23.2 Å². The number of aromatic hydroxyl groups is 2. The molecule has 0 bridgehead atoms. The van der Waals surface area contributed by atoms with E-state index >= 15 is 0 Å². The van der Waals surface area contributed by atoms with Gasteiger partial charge in [0.25, 0.3) is 0 Å². The molecule has 0 aromatic heterocycles. The molecular weight excluding hydrogens is 336 g/mol. The Balaban J connectivity index is 0.00000312. The molecule has 0 spiro atoms. The van der Waals surface area contributed by atoms with Crippen LogP contribution >= 0.6 is 12.4 Å². The van der Waals surface area contributed by atoms with Gasteiger partial charge in [0.2, 0.25) is 0 Å². The molecule has 0 saturated carbocycles. The van der Waals surface area contributed by atoms with Crippen molar-refractivity contribution in [1.29, 1.82) is 0 Å². The predicted molar refractivity (Wildman–Crippen MR) is 108 cm³/mol. The molecule has 5 heteroatoms. The summed E-state index contributed by atoms with van der Waals surface area (Å²) in [5.41, 5.74) is 1.77. The largest absolute Gasteiger partial charge is 0.508 e. The second-order valence-corrected chi connectivity index (χ2v) is 6.60. The third-order valence-corrected chi connectivity index (χ3v) is 4.85. The lowest BCUT2D eigenvalue weighted by Crippen LogP contribution is -2.25. The van der Waals surface area contributed by atoms with Gasteiger partial charge < -0.3 is 20.8 Å². The Morgan fingerprint density at radius 2 is 1.12 bits per heavy atom. The minimum absolute atomic E-state index is 0. The lowest BCUT2D eigenvalue weighted by Gasteiger charge is -2.18. The third kappa shape index (κ3) is 5.24. The lowest BCUT2D eigenvalue weighted by atomic mass is 9.97. The maximum Gasteiger partial charge on any atom is 0.120 e. The fraction of sp³-hybridized carbons (Fsp3) is 0.500. The Labute approximate surface area is 157 Å². The van der Waals surface area contributed by atoms with E-state index in [0.29, 0.717) is 36.7 Å². The molecule has 0 aliphatic heterocycles. The third-order valence-electron chi connectivity index (χ3n) is 4.85. The summed E-state index contributed by atoms with van der Waals surface area (Å²) in [4.78, 5) is 0. The summed E-state index contributed by atoms with van der Waals surface area (Å²) in [6, 6.07) is 8.02. The van der Waals surface area contributed by atoms with Crippen LogP contribution in [-0.4, -0.2) is 22.3 Å². The van der Waals surface area contributed by atoms with E-state index in [1.54, 1.807) is 12.1 Å². The molecule has 0 radical (unpaired) electrons. The van der Waals surface area contributed by atoms with E-state index in [9.17, 15) is 10.2 Å². The van der Waals surface area contributed by atoms with Gasteiger partial charge in [-0.3, -0.25) is 0 Å². The van der Waals surface area contributed by atoms with Crippen LogP contribution in [0.25, 0.3) is 10.8 Å². The molecule has 0 heterocycles. The van der Waals surface area contributed by atoms with Gasteiger partial charge in [0.1, 0.15) is 11.5 Å². The Morgan fingerprint density at radius 1 is 0.760 bits per heavy atom. The molecule has 0 aliphatic rings. The minimum Gasteiger partial charge on any atom is -0.508 e. The van der Waals surface area contributed by atoms with E-state index < -0.39 is 0 Å². The van der Waals surface area contributed by atoms with E-state index in [0.717, 1.165) is 34.7 Å². The number of hydrogen-bond acceptors (Lipinski definition) is 4. The number of phenols is 2. The summed E-state index contributed by atoms with van der Waals surface area (Å²) in [5.74, 6) is 0.592. The summed E-state index contributed by atoms with van der Waals surface area (Å²) in [6.45, 7) is 9.77. The average Bonchev–Trinajstić information content (AvgIpc) is 2.59. The van der Waals surface area contributed by atoms with Crippen molar-refractivity contribution in [1.82, 2.24) is 10.6 Å². The highest BCUT2D eigenvalue weighted by molar-refractivity contribution is 5.92. The normalized spacial score (nSPS) is 13.4. The van der Waals surface area contributed by atoms with E-state index in [-0.39, 0.29) is 12.4 Å². The van der Waals surface area contributed by atoms with Crippen molar-refractivity contribution in [2.45, 2.75) is 65.7 Å². The highest BCUT2D eigenvalue weighted by Gasteiger charge is 2.14. The maximum atomic E-state index is 10.3. The van der Waals surface area contributed by atoms with Crippen LogP contribution in [0.5, 0.6) is 11.5 Å². The Bertz CT molecular complexity index is 632. The van der Waals surface area contributed by atoms with Gasteiger partial charge in [0, 0.05) is 36.3 Å². The summed E-state index contributed by atoms with van der Waals surface area (Å²) in [6.07, 6.45) is 2.08. The van der Waals surface area contributed by atoms with Gasteiger partial charge in [-0.1, -0.05) is 26.0 Å². The van der Waals surface area contributed by atoms with Crippen LogP contribution < -0.4 is 10.6 Å². The predicted octanol–water partition coefficient (Wildman–Crippen LogP) is 4.45. The Kier molecular flexibility index (Phi) is 8.50. The topological polar surface area (TPSA) is 64.5 Å². The fourth-order valence-corrected chi connectivity index (χ4v) is 2.72. The zero-order valence-electron chi connectivity index (χ0n) is 15.6. The van der Waals surface area contributed by atoms with Gasteiger partial charge >= 0.3 is 0 Å². The SMILES string of the molecule is CCC(C)NCc1c(O)ccc2c(CNC(C)CC)c(O)ccc12.Cl. The maximum absolute atomic E-state index is 10.3. The molecule has 0 fully saturated rings. The molecule has 0 saturated heterocycles. The van der Waals surface area contributed by atoms with Crippen LogP contribution in [0, 0.1) is 0 Å². The molecule has 4 N–H and O–H groups in total. The molecule has 2 atom stereocenters. The summed E-state index contributed by atoms with van der Waals surface area (Å²) in [5, 5.41) is 29.4. The molecule has 0 aliphatic carbocycles.